The van der Waals surface area contributed by atoms with E-state index < -0.39 is 21.6 Å². The summed E-state index contributed by atoms with van der Waals surface area (Å²) in [6, 6.07) is 8.74. The molecule has 8 heteroatoms. The van der Waals surface area contributed by atoms with Crippen LogP contribution in [-0.2, 0) is 16.0 Å². The molecule has 4 nitrogen and oxygen atoms in total. The lowest BCUT2D eigenvalue weighted by Crippen LogP contribution is -2.06. The summed E-state index contributed by atoms with van der Waals surface area (Å²) in [5.74, 6) is -0.119. The molecule has 3 rings (SSSR count). The average molecular weight is 353 g/mol. The number of sulfone groups is 1. The van der Waals surface area contributed by atoms with Crippen molar-refractivity contribution in [1.29, 1.82) is 0 Å². The topological polar surface area (TPSA) is 67.3 Å². The second-order valence-electron chi connectivity index (χ2n) is 5.07. The third-order valence-corrected chi connectivity index (χ3v) is 5.21. The summed E-state index contributed by atoms with van der Waals surface area (Å²) in [6.07, 6.45) is -3.30. The number of alkyl halides is 3. The molecule has 1 N–H and O–H groups in total. The molecule has 0 saturated carbocycles. The van der Waals surface area contributed by atoms with E-state index in [1.165, 1.54) is 30.5 Å². The van der Waals surface area contributed by atoms with E-state index in [0.29, 0.717) is 10.9 Å². The summed E-state index contributed by atoms with van der Waals surface area (Å²) in [6.45, 7) is 0. The SMILES string of the molecule is O=S(=O)(c1ccc(C(F)(F)F)cc1)c1ccc2ncc(O)cc2c1. The molecule has 3 aromatic rings. The van der Waals surface area contributed by atoms with Crippen molar-refractivity contribution < 1.29 is 26.7 Å². The number of aromatic nitrogens is 1. The zero-order chi connectivity index (χ0) is 17.5. The number of halogens is 3. The normalized spacial score (nSPS) is 12.5. The van der Waals surface area contributed by atoms with Crippen LogP contribution < -0.4 is 0 Å². The van der Waals surface area contributed by atoms with E-state index in [9.17, 15) is 26.7 Å². The number of nitrogens with zero attached hydrogens (tertiary/aromatic N) is 1. The monoisotopic (exact) mass is 353 g/mol. The van der Waals surface area contributed by atoms with E-state index in [0.717, 1.165) is 24.3 Å². The lowest BCUT2D eigenvalue weighted by atomic mass is 10.2. The van der Waals surface area contributed by atoms with Gasteiger partial charge in [0.2, 0.25) is 9.84 Å². The lowest BCUT2D eigenvalue weighted by molar-refractivity contribution is -0.137. The van der Waals surface area contributed by atoms with Gasteiger partial charge >= 0.3 is 6.18 Å². The van der Waals surface area contributed by atoms with Crippen molar-refractivity contribution in [1.82, 2.24) is 4.98 Å². The highest BCUT2D eigenvalue weighted by molar-refractivity contribution is 7.91. The molecular weight excluding hydrogens is 343 g/mol. The van der Waals surface area contributed by atoms with Gasteiger partial charge in [0.15, 0.2) is 0 Å². The van der Waals surface area contributed by atoms with Crippen molar-refractivity contribution in [3.05, 3.63) is 60.3 Å². The van der Waals surface area contributed by atoms with Gasteiger partial charge in [-0.25, -0.2) is 8.42 Å². The third-order valence-electron chi connectivity index (χ3n) is 3.44. The van der Waals surface area contributed by atoms with Crippen molar-refractivity contribution in [2.75, 3.05) is 0 Å². The maximum atomic E-state index is 12.6. The van der Waals surface area contributed by atoms with E-state index in [1.807, 2.05) is 0 Å². The summed E-state index contributed by atoms with van der Waals surface area (Å²) in [5.41, 5.74) is -0.437. The average Bonchev–Trinajstić information content (AvgIpc) is 2.53. The molecule has 0 unspecified atom stereocenters. The Labute approximate surface area is 135 Å². The predicted octanol–water partition coefficient (Wildman–Crippen LogP) is 3.79. The fourth-order valence-corrected chi connectivity index (χ4v) is 3.52. The first-order valence-electron chi connectivity index (χ1n) is 6.69. The predicted molar refractivity (Wildman–Crippen MR) is 80.3 cm³/mol. The number of pyridine rings is 1. The highest BCUT2D eigenvalue weighted by Gasteiger charge is 2.30. The maximum Gasteiger partial charge on any atom is 0.416 e. The Kier molecular flexibility index (Phi) is 3.71. The number of rotatable bonds is 2. The molecule has 124 valence electrons. The van der Waals surface area contributed by atoms with Crippen molar-refractivity contribution in [2.45, 2.75) is 16.0 Å². The van der Waals surface area contributed by atoms with Gasteiger partial charge in [0.05, 0.1) is 27.1 Å². The van der Waals surface area contributed by atoms with Crippen LogP contribution in [0.1, 0.15) is 5.56 Å². The molecule has 0 fully saturated rings. The Hall–Kier alpha value is -2.61. The van der Waals surface area contributed by atoms with E-state index in [4.69, 9.17) is 0 Å². The Morgan fingerprint density at radius 2 is 1.54 bits per heavy atom. The van der Waals surface area contributed by atoms with E-state index >= 15 is 0 Å². The van der Waals surface area contributed by atoms with Gasteiger partial charge in [-0.2, -0.15) is 13.2 Å². The van der Waals surface area contributed by atoms with Crippen LogP contribution in [0.3, 0.4) is 0 Å². The summed E-state index contributed by atoms with van der Waals surface area (Å²) in [7, 11) is -3.98. The molecule has 1 aromatic heterocycles. The number of fused-ring (bicyclic) bond motifs is 1. The van der Waals surface area contributed by atoms with Crippen LogP contribution in [0.2, 0.25) is 0 Å². The quantitative estimate of drug-likeness (QED) is 0.761. The lowest BCUT2D eigenvalue weighted by Gasteiger charge is -2.09. The molecule has 24 heavy (non-hydrogen) atoms. The Balaban J connectivity index is 2.07. The fourth-order valence-electron chi connectivity index (χ4n) is 2.22. The number of hydrogen-bond donors (Lipinski definition) is 1. The molecule has 0 radical (unpaired) electrons. The van der Waals surface area contributed by atoms with Gasteiger partial charge in [0.1, 0.15) is 5.75 Å². The molecule has 0 aliphatic rings. The standard InChI is InChI=1S/C16H10F3NO3S/c17-16(18,19)11-1-3-13(4-2-11)24(22,23)14-5-6-15-10(8-14)7-12(21)9-20-15/h1-9,21H. The van der Waals surface area contributed by atoms with Gasteiger partial charge in [0, 0.05) is 5.39 Å². The fraction of sp³-hybridized carbons (Fsp3) is 0.0625. The summed E-state index contributed by atoms with van der Waals surface area (Å²) < 4.78 is 62.8. The molecule has 0 aliphatic carbocycles. The molecule has 0 saturated heterocycles. The van der Waals surface area contributed by atoms with Gasteiger partial charge in [-0.05, 0) is 48.5 Å². The first kappa shape index (κ1) is 16.3. The van der Waals surface area contributed by atoms with Gasteiger partial charge < -0.3 is 5.11 Å². The van der Waals surface area contributed by atoms with E-state index in [1.54, 1.807) is 0 Å². The minimum atomic E-state index is -4.53. The largest absolute Gasteiger partial charge is 0.506 e. The minimum Gasteiger partial charge on any atom is -0.506 e. The number of aromatic hydroxyl groups is 1. The Morgan fingerprint density at radius 3 is 2.17 bits per heavy atom. The van der Waals surface area contributed by atoms with E-state index in [2.05, 4.69) is 4.98 Å². The summed E-state index contributed by atoms with van der Waals surface area (Å²) >= 11 is 0. The number of benzene rings is 2. The minimum absolute atomic E-state index is 0.0952. The molecule has 0 aliphatic heterocycles. The van der Waals surface area contributed by atoms with Gasteiger partial charge in [-0.1, -0.05) is 0 Å². The van der Waals surface area contributed by atoms with Crippen molar-refractivity contribution >= 4 is 20.7 Å². The molecule has 0 amide bonds. The summed E-state index contributed by atoms with van der Waals surface area (Å²) in [4.78, 5) is 3.60. The van der Waals surface area contributed by atoms with Crippen LogP contribution in [0.15, 0.2) is 64.5 Å². The zero-order valence-electron chi connectivity index (χ0n) is 11.9. The van der Waals surface area contributed by atoms with Crippen LogP contribution in [0.5, 0.6) is 5.75 Å². The van der Waals surface area contributed by atoms with Crippen LogP contribution >= 0.6 is 0 Å². The third kappa shape index (κ3) is 2.92. The molecular formula is C16H10F3NO3S. The zero-order valence-corrected chi connectivity index (χ0v) is 12.8. The van der Waals surface area contributed by atoms with Gasteiger partial charge in [-0.3, -0.25) is 4.98 Å². The van der Waals surface area contributed by atoms with Gasteiger partial charge in [0.25, 0.3) is 0 Å². The van der Waals surface area contributed by atoms with Gasteiger partial charge in [-0.15, -0.1) is 0 Å². The van der Waals surface area contributed by atoms with Crippen molar-refractivity contribution in [3.8, 4) is 5.75 Å². The van der Waals surface area contributed by atoms with Crippen molar-refractivity contribution in [2.24, 2.45) is 0 Å². The first-order valence-corrected chi connectivity index (χ1v) is 8.17. The second kappa shape index (κ2) is 5.48. The maximum absolute atomic E-state index is 12.6. The van der Waals surface area contributed by atoms with Crippen LogP contribution in [0.25, 0.3) is 10.9 Å². The summed E-state index contributed by atoms with van der Waals surface area (Å²) in [5, 5.41) is 9.83. The number of hydrogen-bond acceptors (Lipinski definition) is 4. The van der Waals surface area contributed by atoms with Crippen LogP contribution in [0, 0.1) is 0 Å². The Morgan fingerprint density at radius 1 is 0.917 bits per heavy atom. The highest BCUT2D eigenvalue weighted by atomic mass is 32.2. The second-order valence-corrected chi connectivity index (χ2v) is 7.02. The highest BCUT2D eigenvalue weighted by Crippen LogP contribution is 2.31. The van der Waals surface area contributed by atoms with Crippen LogP contribution in [-0.4, -0.2) is 18.5 Å². The molecule has 0 bridgehead atoms. The van der Waals surface area contributed by atoms with E-state index in [-0.39, 0.29) is 15.5 Å². The molecule has 0 spiro atoms. The molecule has 2 aromatic carbocycles. The molecule has 1 heterocycles. The first-order chi connectivity index (χ1) is 11.2. The van der Waals surface area contributed by atoms with Crippen LogP contribution in [0.4, 0.5) is 13.2 Å². The molecule has 0 atom stereocenters. The van der Waals surface area contributed by atoms with Crippen molar-refractivity contribution in [3.63, 3.8) is 0 Å². The smallest absolute Gasteiger partial charge is 0.416 e. The Bertz CT molecular complexity index is 1010.